The zero-order valence-corrected chi connectivity index (χ0v) is 11.7. The van der Waals surface area contributed by atoms with E-state index in [1.165, 1.54) is 6.42 Å². The van der Waals surface area contributed by atoms with Crippen molar-refractivity contribution >= 4 is 11.8 Å². The van der Waals surface area contributed by atoms with Gasteiger partial charge in [0.1, 0.15) is 0 Å². The van der Waals surface area contributed by atoms with Gasteiger partial charge in [-0.2, -0.15) is 0 Å². The first-order valence-electron chi connectivity index (χ1n) is 7.08. The third kappa shape index (κ3) is 4.00. The first-order chi connectivity index (χ1) is 8.51. The van der Waals surface area contributed by atoms with E-state index in [0.717, 1.165) is 12.8 Å². The molecule has 0 aliphatic heterocycles. The SMILES string of the molecule is CCC[C@H](C(N)=O)[C@@H](CC1CC1C)C(=O)NCC. The number of primary amides is 1. The van der Waals surface area contributed by atoms with Crippen LogP contribution in [0, 0.1) is 23.7 Å². The largest absolute Gasteiger partial charge is 0.369 e. The number of nitrogens with one attached hydrogen (secondary N) is 1. The second-order valence-electron chi connectivity index (χ2n) is 5.51. The summed E-state index contributed by atoms with van der Waals surface area (Å²) in [7, 11) is 0. The van der Waals surface area contributed by atoms with Crippen LogP contribution >= 0.6 is 0 Å². The Bertz CT molecular complexity index is 304. The maximum absolute atomic E-state index is 12.1. The van der Waals surface area contributed by atoms with E-state index in [1.54, 1.807) is 0 Å². The van der Waals surface area contributed by atoms with Gasteiger partial charge in [0.15, 0.2) is 0 Å². The summed E-state index contributed by atoms with van der Waals surface area (Å²) in [6.45, 7) is 6.71. The lowest BCUT2D eigenvalue weighted by atomic mass is 9.83. The molecule has 1 aliphatic rings. The molecule has 0 aromatic carbocycles. The predicted octanol–water partition coefficient (Wildman–Crippen LogP) is 1.69. The van der Waals surface area contributed by atoms with Crippen LogP contribution in [0.15, 0.2) is 0 Å². The standard InChI is InChI=1S/C14H26N2O2/c1-4-6-11(13(15)17)12(14(18)16-5-2)8-10-7-9(10)3/h9-12H,4-8H2,1-3H3,(H2,15,17)(H,16,18)/t9?,10?,11-,12+/m0/s1. The molecular weight excluding hydrogens is 228 g/mol. The molecule has 104 valence electrons. The molecule has 1 fully saturated rings. The van der Waals surface area contributed by atoms with Gasteiger partial charge in [-0.25, -0.2) is 0 Å². The third-order valence-corrected chi connectivity index (χ3v) is 3.97. The summed E-state index contributed by atoms with van der Waals surface area (Å²) in [6, 6.07) is 0. The molecule has 1 aliphatic carbocycles. The number of carbonyl (C=O) groups is 2. The Labute approximate surface area is 110 Å². The van der Waals surface area contributed by atoms with Gasteiger partial charge in [0.2, 0.25) is 11.8 Å². The highest BCUT2D eigenvalue weighted by atomic mass is 16.2. The quantitative estimate of drug-likeness (QED) is 0.692. The van der Waals surface area contributed by atoms with Gasteiger partial charge in [-0.15, -0.1) is 0 Å². The van der Waals surface area contributed by atoms with Gasteiger partial charge in [0.05, 0.1) is 0 Å². The minimum absolute atomic E-state index is 0.00569. The molecule has 4 nitrogen and oxygen atoms in total. The van der Waals surface area contributed by atoms with Crippen molar-refractivity contribution in [2.45, 2.75) is 46.5 Å². The van der Waals surface area contributed by atoms with Crippen LogP contribution in [0.2, 0.25) is 0 Å². The Balaban J connectivity index is 2.72. The molecule has 2 unspecified atom stereocenters. The summed E-state index contributed by atoms with van der Waals surface area (Å²) in [5.74, 6) is 0.398. The van der Waals surface area contributed by atoms with Crippen molar-refractivity contribution < 1.29 is 9.59 Å². The first-order valence-corrected chi connectivity index (χ1v) is 7.08. The summed E-state index contributed by atoms with van der Waals surface area (Å²) in [5.41, 5.74) is 5.47. The zero-order chi connectivity index (χ0) is 13.7. The fourth-order valence-corrected chi connectivity index (χ4v) is 2.67. The minimum atomic E-state index is -0.332. The maximum atomic E-state index is 12.1. The molecule has 0 heterocycles. The molecule has 0 aromatic heterocycles. The lowest BCUT2D eigenvalue weighted by Crippen LogP contribution is -2.40. The number of rotatable bonds is 8. The minimum Gasteiger partial charge on any atom is -0.369 e. The molecule has 0 spiro atoms. The van der Waals surface area contributed by atoms with E-state index < -0.39 is 0 Å². The predicted molar refractivity (Wildman–Crippen MR) is 71.7 cm³/mol. The van der Waals surface area contributed by atoms with E-state index in [1.807, 2.05) is 13.8 Å². The highest BCUT2D eigenvalue weighted by molar-refractivity contribution is 5.86. The lowest BCUT2D eigenvalue weighted by molar-refractivity contribution is -0.134. The zero-order valence-electron chi connectivity index (χ0n) is 11.7. The second-order valence-corrected chi connectivity index (χ2v) is 5.51. The molecular formula is C14H26N2O2. The Morgan fingerprint density at radius 3 is 2.33 bits per heavy atom. The summed E-state index contributed by atoms with van der Waals surface area (Å²) >= 11 is 0. The van der Waals surface area contributed by atoms with E-state index in [0.29, 0.717) is 24.8 Å². The van der Waals surface area contributed by atoms with Crippen molar-refractivity contribution in [2.75, 3.05) is 6.54 Å². The topological polar surface area (TPSA) is 72.2 Å². The molecule has 18 heavy (non-hydrogen) atoms. The Kier molecular flexibility index (Phi) is 5.63. The van der Waals surface area contributed by atoms with Gasteiger partial charge >= 0.3 is 0 Å². The van der Waals surface area contributed by atoms with Gasteiger partial charge < -0.3 is 11.1 Å². The summed E-state index contributed by atoms with van der Waals surface area (Å²) in [6.07, 6.45) is 3.57. The molecule has 0 radical (unpaired) electrons. The first kappa shape index (κ1) is 15.0. The molecule has 1 saturated carbocycles. The molecule has 4 atom stereocenters. The van der Waals surface area contributed by atoms with Gasteiger partial charge in [-0.05, 0) is 38.0 Å². The van der Waals surface area contributed by atoms with Gasteiger partial charge in [0, 0.05) is 18.4 Å². The van der Waals surface area contributed by atoms with Crippen molar-refractivity contribution in [2.24, 2.45) is 29.4 Å². The van der Waals surface area contributed by atoms with E-state index in [-0.39, 0.29) is 23.7 Å². The molecule has 1 rings (SSSR count). The fourth-order valence-electron chi connectivity index (χ4n) is 2.67. The average Bonchev–Trinajstić information content (AvgIpc) is 2.99. The maximum Gasteiger partial charge on any atom is 0.223 e. The van der Waals surface area contributed by atoms with Crippen LogP contribution < -0.4 is 11.1 Å². The van der Waals surface area contributed by atoms with Crippen LogP contribution in [0.25, 0.3) is 0 Å². The van der Waals surface area contributed by atoms with Crippen LogP contribution in [-0.2, 0) is 9.59 Å². The van der Waals surface area contributed by atoms with Crippen molar-refractivity contribution in [3.63, 3.8) is 0 Å². The smallest absolute Gasteiger partial charge is 0.223 e. The summed E-state index contributed by atoms with van der Waals surface area (Å²) in [5, 5.41) is 2.84. The molecule has 2 amide bonds. The Hall–Kier alpha value is -1.06. The number of amides is 2. The monoisotopic (exact) mass is 254 g/mol. The van der Waals surface area contributed by atoms with Gasteiger partial charge in [0.25, 0.3) is 0 Å². The van der Waals surface area contributed by atoms with Crippen LogP contribution in [-0.4, -0.2) is 18.4 Å². The summed E-state index contributed by atoms with van der Waals surface area (Å²) in [4.78, 5) is 23.7. The molecule has 0 aromatic rings. The lowest BCUT2D eigenvalue weighted by Gasteiger charge is -2.23. The number of hydrogen-bond donors (Lipinski definition) is 2. The van der Waals surface area contributed by atoms with E-state index in [2.05, 4.69) is 12.2 Å². The van der Waals surface area contributed by atoms with Crippen LogP contribution in [0.4, 0.5) is 0 Å². The molecule has 4 heteroatoms. The third-order valence-electron chi connectivity index (χ3n) is 3.97. The van der Waals surface area contributed by atoms with Crippen molar-refractivity contribution in [3.05, 3.63) is 0 Å². The van der Waals surface area contributed by atoms with Crippen LogP contribution in [0.1, 0.15) is 46.5 Å². The second kappa shape index (κ2) is 6.76. The number of nitrogens with two attached hydrogens (primary N) is 1. The van der Waals surface area contributed by atoms with E-state index >= 15 is 0 Å². The van der Waals surface area contributed by atoms with E-state index in [4.69, 9.17) is 5.73 Å². The van der Waals surface area contributed by atoms with Crippen molar-refractivity contribution in [1.29, 1.82) is 0 Å². The van der Waals surface area contributed by atoms with Gasteiger partial charge in [-0.1, -0.05) is 20.3 Å². The van der Waals surface area contributed by atoms with Crippen LogP contribution in [0.5, 0.6) is 0 Å². The highest BCUT2D eigenvalue weighted by Crippen LogP contribution is 2.44. The number of carbonyl (C=O) groups excluding carboxylic acids is 2. The van der Waals surface area contributed by atoms with E-state index in [9.17, 15) is 9.59 Å². The average molecular weight is 254 g/mol. The Morgan fingerprint density at radius 1 is 1.33 bits per heavy atom. The fraction of sp³-hybridized carbons (Fsp3) is 0.857. The Morgan fingerprint density at radius 2 is 1.94 bits per heavy atom. The highest BCUT2D eigenvalue weighted by Gasteiger charge is 2.40. The van der Waals surface area contributed by atoms with Crippen LogP contribution in [0.3, 0.4) is 0 Å². The molecule has 3 N–H and O–H groups in total. The number of hydrogen-bond acceptors (Lipinski definition) is 2. The molecule has 0 saturated heterocycles. The van der Waals surface area contributed by atoms with Crippen molar-refractivity contribution in [3.8, 4) is 0 Å². The van der Waals surface area contributed by atoms with Gasteiger partial charge in [-0.3, -0.25) is 9.59 Å². The normalized spacial score (nSPS) is 25.3. The summed E-state index contributed by atoms with van der Waals surface area (Å²) < 4.78 is 0. The molecule has 0 bridgehead atoms. The van der Waals surface area contributed by atoms with Crippen molar-refractivity contribution in [1.82, 2.24) is 5.32 Å².